The number of hydrogen-bond donors (Lipinski definition) is 1. The number of carbonyl (C=O) groups is 1. The van der Waals surface area contributed by atoms with Crippen LogP contribution in [0.2, 0.25) is 0 Å². The van der Waals surface area contributed by atoms with Crippen LogP contribution in [-0.4, -0.2) is 34.9 Å². The third-order valence-electron chi connectivity index (χ3n) is 4.42. The van der Waals surface area contributed by atoms with E-state index in [2.05, 4.69) is 4.98 Å². The van der Waals surface area contributed by atoms with Gasteiger partial charge in [0.1, 0.15) is 17.2 Å². The lowest BCUT2D eigenvalue weighted by Gasteiger charge is -2.34. The molecule has 3 rings (SSSR count). The summed E-state index contributed by atoms with van der Waals surface area (Å²) < 4.78 is 5.79. The molecule has 5 heteroatoms. The zero-order chi connectivity index (χ0) is 16.9. The van der Waals surface area contributed by atoms with E-state index in [1.165, 1.54) is 0 Å². The van der Waals surface area contributed by atoms with Crippen LogP contribution in [0.5, 0.6) is 11.5 Å². The number of carbonyl (C=O) groups excluding carboxylic acids is 1. The van der Waals surface area contributed by atoms with E-state index in [4.69, 9.17) is 10.5 Å². The van der Waals surface area contributed by atoms with Crippen LogP contribution in [0.3, 0.4) is 0 Å². The number of para-hydroxylation sites is 1. The summed E-state index contributed by atoms with van der Waals surface area (Å²) in [6.07, 6.45) is 3.67. The van der Waals surface area contributed by atoms with Gasteiger partial charge in [0.25, 0.3) is 5.91 Å². The van der Waals surface area contributed by atoms with Crippen LogP contribution >= 0.6 is 0 Å². The van der Waals surface area contributed by atoms with Gasteiger partial charge in [-0.2, -0.15) is 0 Å². The molecule has 2 heterocycles. The SMILES string of the molecule is C[C@@H](N)[C@H]1CCCN(C(=O)c2cc(Oc3ccccc3)ccn2)C1. The molecule has 1 amide bonds. The van der Waals surface area contributed by atoms with Crippen molar-refractivity contribution in [3.63, 3.8) is 0 Å². The van der Waals surface area contributed by atoms with E-state index in [1.54, 1.807) is 18.3 Å². The van der Waals surface area contributed by atoms with E-state index in [0.29, 0.717) is 23.9 Å². The average molecular weight is 325 g/mol. The highest BCUT2D eigenvalue weighted by Gasteiger charge is 2.27. The Balaban J connectivity index is 1.72. The number of ether oxygens (including phenoxy) is 1. The lowest BCUT2D eigenvalue weighted by molar-refractivity contribution is 0.0654. The third-order valence-corrected chi connectivity index (χ3v) is 4.42. The summed E-state index contributed by atoms with van der Waals surface area (Å²) in [4.78, 5) is 18.8. The first-order valence-electron chi connectivity index (χ1n) is 8.37. The molecule has 1 aliphatic rings. The molecule has 0 saturated carbocycles. The van der Waals surface area contributed by atoms with Crippen LogP contribution in [0.25, 0.3) is 0 Å². The van der Waals surface area contributed by atoms with Gasteiger partial charge in [-0.1, -0.05) is 18.2 Å². The molecular formula is C19H23N3O2. The van der Waals surface area contributed by atoms with E-state index >= 15 is 0 Å². The second-order valence-electron chi connectivity index (χ2n) is 6.30. The molecule has 1 fully saturated rings. The Morgan fingerprint density at radius 2 is 2.08 bits per heavy atom. The number of hydrogen-bond acceptors (Lipinski definition) is 4. The molecule has 0 aliphatic carbocycles. The van der Waals surface area contributed by atoms with Crippen LogP contribution in [-0.2, 0) is 0 Å². The number of likely N-dealkylation sites (tertiary alicyclic amines) is 1. The molecule has 1 aromatic heterocycles. The van der Waals surface area contributed by atoms with Crippen LogP contribution in [0, 0.1) is 5.92 Å². The monoisotopic (exact) mass is 325 g/mol. The summed E-state index contributed by atoms with van der Waals surface area (Å²) in [6, 6.07) is 13.0. The minimum Gasteiger partial charge on any atom is -0.457 e. The number of piperidine rings is 1. The Bertz CT molecular complexity index is 688. The van der Waals surface area contributed by atoms with Gasteiger partial charge in [0.2, 0.25) is 0 Å². The number of aromatic nitrogens is 1. The van der Waals surface area contributed by atoms with Crippen molar-refractivity contribution in [2.75, 3.05) is 13.1 Å². The molecule has 0 bridgehead atoms. The van der Waals surface area contributed by atoms with Crippen molar-refractivity contribution in [3.05, 3.63) is 54.4 Å². The maximum absolute atomic E-state index is 12.7. The zero-order valence-electron chi connectivity index (χ0n) is 13.9. The van der Waals surface area contributed by atoms with Crippen molar-refractivity contribution in [1.82, 2.24) is 9.88 Å². The van der Waals surface area contributed by atoms with Crippen molar-refractivity contribution in [2.45, 2.75) is 25.8 Å². The molecule has 1 aliphatic heterocycles. The Kier molecular flexibility index (Phi) is 5.11. The molecule has 24 heavy (non-hydrogen) atoms. The van der Waals surface area contributed by atoms with Crippen LogP contribution in [0.15, 0.2) is 48.7 Å². The fourth-order valence-electron chi connectivity index (χ4n) is 3.00. The fraction of sp³-hybridized carbons (Fsp3) is 0.368. The molecule has 2 atom stereocenters. The van der Waals surface area contributed by atoms with Crippen LogP contribution < -0.4 is 10.5 Å². The minimum absolute atomic E-state index is 0.0566. The predicted molar refractivity (Wildman–Crippen MR) is 93.0 cm³/mol. The fourth-order valence-corrected chi connectivity index (χ4v) is 3.00. The molecule has 0 unspecified atom stereocenters. The van der Waals surface area contributed by atoms with Gasteiger partial charge in [0.05, 0.1) is 0 Å². The molecular weight excluding hydrogens is 302 g/mol. The van der Waals surface area contributed by atoms with E-state index in [0.717, 1.165) is 25.1 Å². The number of amides is 1. The first kappa shape index (κ1) is 16.5. The van der Waals surface area contributed by atoms with Gasteiger partial charge in [-0.15, -0.1) is 0 Å². The number of pyridine rings is 1. The molecule has 0 radical (unpaired) electrons. The standard InChI is InChI=1S/C19H23N3O2/c1-14(20)15-6-5-11-22(13-15)19(23)18-12-17(9-10-21-18)24-16-7-3-2-4-8-16/h2-4,7-10,12,14-15H,5-6,11,13,20H2,1H3/t14-,15+/m1/s1. The first-order valence-corrected chi connectivity index (χ1v) is 8.37. The van der Waals surface area contributed by atoms with Crippen molar-refractivity contribution in [2.24, 2.45) is 11.7 Å². The normalized spacial score (nSPS) is 18.9. The highest BCUT2D eigenvalue weighted by molar-refractivity contribution is 5.92. The molecule has 126 valence electrons. The summed E-state index contributed by atoms with van der Waals surface area (Å²) in [6.45, 7) is 3.46. The van der Waals surface area contributed by atoms with Crippen molar-refractivity contribution >= 4 is 5.91 Å². The average Bonchev–Trinajstić information content (AvgIpc) is 2.62. The molecule has 2 N–H and O–H groups in total. The number of rotatable bonds is 4. The second-order valence-corrected chi connectivity index (χ2v) is 6.30. The van der Waals surface area contributed by atoms with Crippen molar-refractivity contribution in [1.29, 1.82) is 0 Å². The smallest absolute Gasteiger partial charge is 0.272 e. The molecule has 1 saturated heterocycles. The molecule has 2 aromatic rings. The maximum atomic E-state index is 12.7. The van der Waals surface area contributed by atoms with Gasteiger partial charge in [-0.3, -0.25) is 9.78 Å². The number of nitrogens with two attached hydrogens (primary N) is 1. The van der Waals surface area contributed by atoms with Gasteiger partial charge in [0, 0.05) is 31.4 Å². The lowest BCUT2D eigenvalue weighted by Crippen LogP contribution is -2.45. The van der Waals surface area contributed by atoms with Gasteiger partial charge < -0.3 is 15.4 Å². The largest absolute Gasteiger partial charge is 0.457 e. The van der Waals surface area contributed by atoms with Gasteiger partial charge >= 0.3 is 0 Å². The van der Waals surface area contributed by atoms with E-state index < -0.39 is 0 Å². The summed E-state index contributed by atoms with van der Waals surface area (Å²) in [7, 11) is 0. The van der Waals surface area contributed by atoms with E-state index in [9.17, 15) is 4.79 Å². The highest BCUT2D eigenvalue weighted by Crippen LogP contribution is 2.23. The highest BCUT2D eigenvalue weighted by atomic mass is 16.5. The van der Waals surface area contributed by atoms with Crippen molar-refractivity contribution < 1.29 is 9.53 Å². The summed E-state index contributed by atoms with van der Waals surface area (Å²) in [5, 5.41) is 0. The van der Waals surface area contributed by atoms with Crippen molar-refractivity contribution in [3.8, 4) is 11.5 Å². The first-order chi connectivity index (χ1) is 11.6. The second kappa shape index (κ2) is 7.45. The summed E-state index contributed by atoms with van der Waals surface area (Å²) in [5.41, 5.74) is 6.42. The van der Waals surface area contributed by atoms with Crippen LogP contribution in [0.1, 0.15) is 30.3 Å². The Morgan fingerprint density at radius 3 is 2.83 bits per heavy atom. The summed E-state index contributed by atoms with van der Waals surface area (Å²) >= 11 is 0. The molecule has 5 nitrogen and oxygen atoms in total. The Morgan fingerprint density at radius 1 is 1.29 bits per heavy atom. The number of nitrogens with zero attached hydrogens (tertiary/aromatic N) is 2. The molecule has 1 aromatic carbocycles. The van der Waals surface area contributed by atoms with E-state index in [1.807, 2.05) is 42.2 Å². The summed E-state index contributed by atoms with van der Waals surface area (Å²) in [5.74, 6) is 1.64. The lowest BCUT2D eigenvalue weighted by atomic mass is 9.92. The van der Waals surface area contributed by atoms with Gasteiger partial charge in [-0.05, 0) is 43.9 Å². The van der Waals surface area contributed by atoms with Gasteiger partial charge in [-0.25, -0.2) is 0 Å². The van der Waals surface area contributed by atoms with Crippen LogP contribution in [0.4, 0.5) is 0 Å². The third kappa shape index (κ3) is 3.92. The maximum Gasteiger partial charge on any atom is 0.272 e. The Hall–Kier alpha value is -2.40. The quantitative estimate of drug-likeness (QED) is 0.938. The van der Waals surface area contributed by atoms with E-state index in [-0.39, 0.29) is 11.9 Å². The topological polar surface area (TPSA) is 68.5 Å². The molecule has 0 spiro atoms. The predicted octanol–water partition coefficient (Wildman–Crippen LogP) is 3.07. The minimum atomic E-state index is -0.0566. The Labute approximate surface area is 142 Å². The zero-order valence-corrected chi connectivity index (χ0v) is 13.9. The van der Waals surface area contributed by atoms with Gasteiger partial charge in [0.15, 0.2) is 0 Å². The number of benzene rings is 1.